The van der Waals surface area contributed by atoms with Crippen molar-refractivity contribution in [2.45, 2.75) is 39.2 Å². The first-order valence-corrected chi connectivity index (χ1v) is 5.56. The highest BCUT2D eigenvalue weighted by Gasteiger charge is 2.05. The summed E-state index contributed by atoms with van der Waals surface area (Å²) in [4.78, 5) is 0. The van der Waals surface area contributed by atoms with E-state index in [4.69, 9.17) is 16.3 Å². The number of rotatable bonds is 5. The molecule has 0 spiro atoms. The minimum Gasteiger partial charge on any atom is -0.490 e. The minimum atomic E-state index is 0.334. The van der Waals surface area contributed by atoms with Gasteiger partial charge in [-0.2, -0.15) is 0 Å². The zero-order valence-corrected chi connectivity index (χ0v) is 9.55. The molecule has 2 heteroatoms. The van der Waals surface area contributed by atoms with Crippen LogP contribution in [0.15, 0.2) is 24.3 Å². The summed E-state index contributed by atoms with van der Waals surface area (Å²) in [5.41, 5.74) is 0. The molecule has 1 nitrogen and oxygen atoms in total. The molecule has 0 aromatic heterocycles. The van der Waals surface area contributed by atoms with Crippen LogP contribution in [0.3, 0.4) is 0 Å². The van der Waals surface area contributed by atoms with Gasteiger partial charge in [-0.1, -0.05) is 31.9 Å². The molecule has 0 amide bonds. The van der Waals surface area contributed by atoms with E-state index in [9.17, 15) is 0 Å². The van der Waals surface area contributed by atoms with Gasteiger partial charge in [-0.05, 0) is 37.1 Å². The second-order valence-corrected chi connectivity index (χ2v) is 3.83. The maximum Gasteiger partial charge on any atom is 0.119 e. The molecular weight excluding hydrogens is 196 g/mol. The Morgan fingerprint density at radius 3 is 2.36 bits per heavy atom. The summed E-state index contributed by atoms with van der Waals surface area (Å²) in [5, 5.41) is 0.751. The molecule has 0 aliphatic heterocycles. The molecule has 0 fully saturated rings. The van der Waals surface area contributed by atoms with Gasteiger partial charge in [0.2, 0.25) is 0 Å². The average molecular weight is 213 g/mol. The van der Waals surface area contributed by atoms with E-state index in [0.717, 1.165) is 30.0 Å². The SMILES string of the molecule is CCC[C@@H](CC)Oc1ccc(Cl)cc1. The molecule has 1 rings (SSSR count). The Kier molecular flexibility index (Phi) is 4.81. The molecule has 0 N–H and O–H groups in total. The number of halogens is 1. The van der Waals surface area contributed by atoms with Crippen LogP contribution in [-0.2, 0) is 0 Å². The standard InChI is InChI=1S/C12H17ClO/c1-3-5-11(4-2)14-12-8-6-10(13)7-9-12/h6-9,11H,3-5H2,1-2H3/t11-/m1/s1. The van der Waals surface area contributed by atoms with E-state index in [1.165, 1.54) is 0 Å². The van der Waals surface area contributed by atoms with E-state index in [-0.39, 0.29) is 0 Å². The molecule has 1 atom stereocenters. The lowest BCUT2D eigenvalue weighted by molar-refractivity contribution is 0.186. The summed E-state index contributed by atoms with van der Waals surface area (Å²) in [7, 11) is 0. The number of hydrogen-bond acceptors (Lipinski definition) is 1. The summed E-state index contributed by atoms with van der Waals surface area (Å²) in [5.74, 6) is 0.912. The Balaban J connectivity index is 2.53. The number of benzene rings is 1. The fraction of sp³-hybridized carbons (Fsp3) is 0.500. The number of hydrogen-bond donors (Lipinski definition) is 0. The van der Waals surface area contributed by atoms with Gasteiger partial charge in [0, 0.05) is 5.02 Å². The molecule has 0 aliphatic carbocycles. The van der Waals surface area contributed by atoms with E-state index in [0.29, 0.717) is 6.10 Å². The van der Waals surface area contributed by atoms with Gasteiger partial charge < -0.3 is 4.74 Å². The Morgan fingerprint density at radius 1 is 1.21 bits per heavy atom. The molecule has 0 saturated heterocycles. The monoisotopic (exact) mass is 212 g/mol. The van der Waals surface area contributed by atoms with Crippen molar-refractivity contribution in [3.05, 3.63) is 29.3 Å². The van der Waals surface area contributed by atoms with Gasteiger partial charge in [-0.25, -0.2) is 0 Å². The average Bonchev–Trinajstić information content (AvgIpc) is 2.20. The summed E-state index contributed by atoms with van der Waals surface area (Å²) in [6.07, 6.45) is 3.66. The third kappa shape index (κ3) is 3.59. The van der Waals surface area contributed by atoms with Crippen LogP contribution in [0.1, 0.15) is 33.1 Å². The zero-order valence-electron chi connectivity index (χ0n) is 8.79. The van der Waals surface area contributed by atoms with Gasteiger partial charge in [0.25, 0.3) is 0 Å². The summed E-state index contributed by atoms with van der Waals surface area (Å²) < 4.78 is 5.80. The Morgan fingerprint density at radius 2 is 1.86 bits per heavy atom. The van der Waals surface area contributed by atoms with Gasteiger partial charge in [0.05, 0.1) is 6.10 Å². The summed E-state index contributed by atoms with van der Waals surface area (Å²) in [6.45, 7) is 4.32. The van der Waals surface area contributed by atoms with Crippen molar-refractivity contribution in [2.24, 2.45) is 0 Å². The third-order valence-corrected chi connectivity index (χ3v) is 2.43. The first-order valence-electron chi connectivity index (χ1n) is 5.18. The van der Waals surface area contributed by atoms with Crippen molar-refractivity contribution in [2.75, 3.05) is 0 Å². The van der Waals surface area contributed by atoms with Crippen molar-refractivity contribution in [3.63, 3.8) is 0 Å². The second kappa shape index (κ2) is 5.92. The topological polar surface area (TPSA) is 9.23 Å². The van der Waals surface area contributed by atoms with Crippen LogP contribution in [0.2, 0.25) is 5.02 Å². The lowest BCUT2D eigenvalue weighted by atomic mass is 10.1. The molecule has 0 unspecified atom stereocenters. The van der Waals surface area contributed by atoms with Crippen molar-refractivity contribution in [1.82, 2.24) is 0 Å². The molecule has 0 radical (unpaired) electrons. The maximum atomic E-state index is 5.80. The van der Waals surface area contributed by atoms with E-state index in [2.05, 4.69) is 13.8 Å². The van der Waals surface area contributed by atoms with Crippen LogP contribution in [0, 0.1) is 0 Å². The van der Waals surface area contributed by atoms with Crippen molar-refractivity contribution in [1.29, 1.82) is 0 Å². The normalized spacial score (nSPS) is 12.5. The lowest BCUT2D eigenvalue weighted by Crippen LogP contribution is -2.14. The molecular formula is C12H17ClO. The van der Waals surface area contributed by atoms with Crippen molar-refractivity contribution < 1.29 is 4.74 Å². The fourth-order valence-corrected chi connectivity index (χ4v) is 1.50. The van der Waals surface area contributed by atoms with Gasteiger partial charge in [-0.15, -0.1) is 0 Å². The Hall–Kier alpha value is -0.690. The summed E-state index contributed by atoms with van der Waals surface area (Å²) >= 11 is 5.79. The minimum absolute atomic E-state index is 0.334. The molecule has 0 saturated carbocycles. The molecule has 0 bridgehead atoms. The van der Waals surface area contributed by atoms with Crippen molar-refractivity contribution in [3.8, 4) is 5.75 Å². The zero-order chi connectivity index (χ0) is 10.4. The predicted octanol–water partition coefficient (Wildman–Crippen LogP) is 4.30. The third-order valence-electron chi connectivity index (χ3n) is 2.18. The van der Waals surface area contributed by atoms with Gasteiger partial charge in [0.15, 0.2) is 0 Å². The highest BCUT2D eigenvalue weighted by Crippen LogP contribution is 2.18. The molecule has 78 valence electrons. The molecule has 0 aliphatic rings. The smallest absolute Gasteiger partial charge is 0.119 e. The first-order chi connectivity index (χ1) is 6.76. The molecule has 0 heterocycles. The maximum absolute atomic E-state index is 5.80. The largest absolute Gasteiger partial charge is 0.490 e. The van der Waals surface area contributed by atoms with E-state index >= 15 is 0 Å². The van der Waals surface area contributed by atoms with Crippen LogP contribution in [-0.4, -0.2) is 6.10 Å². The van der Waals surface area contributed by atoms with Gasteiger partial charge in [0.1, 0.15) is 5.75 Å². The van der Waals surface area contributed by atoms with Crippen LogP contribution < -0.4 is 4.74 Å². The van der Waals surface area contributed by atoms with E-state index in [1.807, 2.05) is 24.3 Å². The van der Waals surface area contributed by atoms with Crippen LogP contribution in [0.4, 0.5) is 0 Å². The van der Waals surface area contributed by atoms with Crippen LogP contribution >= 0.6 is 11.6 Å². The van der Waals surface area contributed by atoms with Crippen molar-refractivity contribution >= 4 is 11.6 Å². The van der Waals surface area contributed by atoms with E-state index < -0.39 is 0 Å². The molecule has 14 heavy (non-hydrogen) atoms. The van der Waals surface area contributed by atoms with E-state index in [1.54, 1.807) is 0 Å². The first kappa shape index (κ1) is 11.4. The lowest BCUT2D eigenvalue weighted by Gasteiger charge is -2.16. The number of ether oxygens (including phenoxy) is 1. The predicted molar refractivity (Wildman–Crippen MR) is 61.1 cm³/mol. The molecule has 1 aromatic carbocycles. The highest BCUT2D eigenvalue weighted by atomic mass is 35.5. The quantitative estimate of drug-likeness (QED) is 0.707. The molecule has 1 aromatic rings. The highest BCUT2D eigenvalue weighted by molar-refractivity contribution is 6.30. The van der Waals surface area contributed by atoms with Crippen LogP contribution in [0.25, 0.3) is 0 Å². The van der Waals surface area contributed by atoms with Gasteiger partial charge in [-0.3, -0.25) is 0 Å². The Labute approximate surface area is 91.0 Å². The second-order valence-electron chi connectivity index (χ2n) is 3.39. The summed E-state index contributed by atoms with van der Waals surface area (Å²) in [6, 6.07) is 7.55. The Bertz CT molecular complexity index is 256. The van der Waals surface area contributed by atoms with Gasteiger partial charge >= 0.3 is 0 Å². The van der Waals surface area contributed by atoms with Crippen LogP contribution in [0.5, 0.6) is 5.75 Å². The fourth-order valence-electron chi connectivity index (χ4n) is 1.37.